The van der Waals surface area contributed by atoms with Gasteiger partial charge in [-0.25, -0.2) is 9.78 Å². The first-order chi connectivity index (χ1) is 7.68. The van der Waals surface area contributed by atoms with E-state index >= 15 is 0 Å². The first-order valence-electron chi connectivity index (χ1n) is 4.76. The molecule has 0 saturated heterocycles. The molecule has 5 nitrogen and oxygen atoms in total. The number of benzene rings is 1. The molecule has 16 heavy (non-hydrogen) atoms. The number of hydrogen-bond donors (Lipinski definition) is 2. The summed E-state index contributed by atoms with van der Waals surface area (Å²) in [6, 6.07) is 9.57. The topological polar surface area (TPSA) is 69.2 Å². The second kappa shape index (κ2) is 4.06. The summed E-state index contributed by atoms with van der Waals surface area (Å²) < 4.78 is 0. The van der Waals surface area contributed by atoms with Crippen LogP contribution in [-0.4, -0.2) is 28.2 Å². The number of aromatic amines is 1. The fourth-order valence-corrected chi connectivity index (χ4v) is 1.33. The maximum Gasteiger partial charge on any atom is 0.413 e. The van der Waals surface area contributed by atoms with Crippen molar-refractivity contribution in [2.75, 3.05) is 11.9 Å². The van der Waals surface area contributed by atoms with Crippen molar-refractivity contribution in [1.82, 2.24) is 9.97 Å². The molecule has 0 bridgehead atoms. The van der Waals surface area contributed by atoms with Crippen LogP contribution in [0, 0.1) is 0 Å². The number of imidazole rings is 1. The Morgan fingerprint density at radius 2 is 2.06 bits per heavy atom. The summed E-state index contributed by atoms with van der Waals surface area (Å²) in [6.45, 7) is 0. The summed E-state index contributed by atoms with van der Waals surface area (Å²) in [7, 11) is 1.44. The molecule has 82 valence electrons. The van der Waals surface area contributed by atoms with Crippen molar-refractivity contribution < 1.29 is 9.90 Å². The Balaban J connectivity index is 2.30. The van der Waals surface area contributed by atoms with Crippen molar-refractivity contribution in [1.29, 1.82) is 0 Å². The summed E-state index contributed by atoms with van der Waals surface area (Å²) >= 11 is 0. The zero-order valence-corrected chi connectivity index (χ0v) is 8.71. The molecule has 1 heterocycles. The van der Waals surface area contributed by atoms with Crippen LogP contribution in [0.4, 0.5) is 10.7 Å². The largest absolute Gasteiger partial charge is 0.465 e. The Hall–Kier alpha value is -2.30. The van der Waals surface area contributed by atoms with Gasteiger partial charge >= 0.3 is 6.09 Å². The number of hydrogen-bond acceptors (Lipinski definition) is 2. The van der Waals surface area contributed by atoms with Crippen LogP contribution in [0.1, 0.15) is 0 Å². The van der Waals surface area contributed by atoms with Crippen molar-refractivity contribution in [2.45, 2.75) is 0 Å². The van der Waals surface area contributed by atoms with E-state index in [1.807, 2.05) is 30.3 Å². The molecule has 0 aliphatic heterocycles. The fraction of sp³-hybridized carbons (Fsp3) is 0.0909. The maximum atomic E-state index is 10.7. The molecule has 2 aromatic rings. The molecule has 0 unspecified atom stereocenters. The Kier molecular flexibility index (Phi) is 2.59. The molecule has 1 aromatic heterocycles. The van der Waals surface area contributed by atoms with Gasteiger partial charge in [0.05, 0.1) is 5.69 Å². The van der Waals surface area contributed by atoms with E-state index in [2.05, 4.69) is 9.97 Å². The third kappa shape index (κ3) is 1.88. The minimum Gasteiger partial charge on any atom is -0.465 e. The smallest absolute Gasteiger partial charge is 0.413 e. The molecule has 0 spiro atoms. The molecule has 5 heteroatoms. The van der Waals surface area contributed by atoms with Crippen LogP contribution >= 0.6 is 0 Å². The molecule has 2 rings (SSSR count). The normalized spacial score (nSPS) is 10.1. The van der Waals surface area contributed by atoms with Gasteiger partial charge in [0.15, 0.2) is 0 Å². The van der Waals surface area contributed by atoms with Gasteiger partial charge in [-0.15, -0.1) is 0 Å². The standard InChI is InChI=1S/C11H11N3O2/c1-14(11(15)16)10-12-7-9(13-10)8-5-3-2-4-6-8/h2-7H,1H3,(H,12,13)(H,15,16). The number of carbonyl (C=O) groups is 1. The van der Waals surface area contributed by atoms with Crippen molar-refractivity contribution in [3.63, 3.8) is 0 Å². The first kappa shape index (κ1) is 10.2. The number of amides is 1. The Labute approximate surface area is 92.4 Å². The Bertz CT molecular complexity index is 493. The lowest BCUT2D eigenvalue weighted by atomic mass is 10.2. The number of H-pyrrole nitrogens is 1. The molecule has 0 aliphatic carbocycles. The van der Waals surface area contributed by atoms with Crippen LogP contribution in [0.3, 0.4) is 0 Å². The van der Waals surface area contributed by atoms with E-state index in [1.165, 1.54) is 7.05 Å². The van der Waals surface area contributed by atoms with E-state index in [0.29, 0.717) is 5.95 Å². The van der Waals surface area contributed by atoms with Gasteiger partial charge in [-0.2, -0.15) is 0 Å². The van der Waals surface area contributed by atoms with Crippen LogP contribution in [0.25, 0.3) is 11.3 Å². The lowest BCUT2D eigenvalue weighted by Gasteiger charge is -2.07. The molecular formula is C11H11N3O2. The highest BCUT2D eigenvalue weighted by molar-refractivity contribution is 5.83. The molecular weight excluding hydrogens is 206 g/mol. The average molecular weight is 217 g/mol. The number of anilines is 1. The van der Waals surface area contributed by atoms with Gasteiger partial charge in [0.25, 0.3) is 0 Å². The maximum absolute atomic E-state index is 10.7. The van der Waals surface area contributed by atoms with Crippen molar-refractivity contribution in [3.8, 4) is 11.3 Å². The van der Waals surface area contributed by atoms with Crippen LogP contribution in [-0.2, 0) is 0 Å². The minimum atomic E-state index is -1.05. The van der Waals surface area contributed by atoms with Crippen molar-refractivity contribution in [3.05, 3.63) is 36.5 Å². The van der Waals surface area contributed by atoms with Gasteiger partial charge < -0.3 is 10.1 Å². The minimum absolute atomic E-state index is 0.311. The number of carboxylic acid groups (broad SMARTS) is 1. The summed E-state index contributed by atoms with van der Waals surface area (Å²) in [4.78, 5) is 18.8. The predicted octanol–water partition coefficient (Wildman–Crippen LogP) is 2.19. The monoisotopic (exact) mass is 217 g/mol. The van der Waals surface area contributed by atoms with E-state index < -0.39 is 6.09 Å². The van der Waals surface area contributed by atoms with Gasteiger partial charge in [-0.3, -0.25) is 4.90 Å². The van der Waals surface area contributed by atoms with Crippen LogP contribution in [0.5, 0.6) is 0 Å². The molecule has 2 N–H and O–H groups in total. The molecule has 0 atom stereocenters. The van der Waals surface area contributed by atoms with Crippen molar-refractivity contribution in [2.24, 2.45) is 0 Å². The fourth-order valence-electron chi connectivity index (χ4n) is 1.33. The highest BCUT2D eigenvalue weighted by atomic mass is 16.4. The molecule has 0 aliphatic rings. The number of nitrogens with one attached hydrogen (secondary N) is 1. The van der Waals surface area contributed by atoms with Crippen LogP contribution < -0.4 is 4.90 Å². The van der Waals surface area contributed by atoms with E-state index in [4.69, 9.17) is 5.11 Å². The van der Waals surface area contributed by atoms with E-state index in [0.717, 1.165) is 16.2 Å². The zero-order valence-electron chi connectivity index (χ0n) is 8.71. The summed E-state index contributed by atoms with van der Waals surface area (Å²) in [5.74, 6) is 0.311. The number of rotatable bonds is 2. The molecule has 0 saturated carbocycles. The highest BCUT2D eigenvalue weighted by Crippen LogP contribution is 2.19. The van der Waals surface area contributed by atoms with Gasteiger partial charge in [0.2, 0.25) is 5.95 Å². The quantitative estimate of drug-likeness (QED) is 0.810. The third-order valence-electron chi connectivity index (χ3n) is 2.24. The van der Waals surface area contributed by atoms with Gasteiger partial charge in [0, 0.05) is 18.8 Å². The lowest BCUT2D eigenvalue weighted by molar-refractivity contribution is 0.203. The second-order valence-electron chi connectivity index (χ2n) is 3.32. The SMILES string of the molecule is CN(C(=O)O)c1nc(-c2ccccc2)c[nH]1. The summed E-state index contributed by atoms with van der Waals surface area (Å²) in [6.07, 6.45) is 0.637. The van der Waals surface area contributed by atoms with Gasteiger partial charge in [-0.1, -0.05) is 30.3 Å². The van der Waals surface area contributed by atoms with E-state index in [-0.39, 0.29) is 0 Å². The van der Waals surface area contributed by atoms with Gasteiger partial charge in [0.1, 0.15) is 0 Å². The third-order valence-corrected chi connectivity index (χ3v) is 2.24. The van der Waals surface area contributed by atoms with Gasteiger partial charge in [-0.05, 0) is 0 Å². The van der Waals surface area contributed by atoms with E-state index in [9.17, 15) is 4.79 Å². The average Bonchev–Trinajstić information content (AvgIpc) is 2.78. The number of nitrogens with zero attached hydrogens (tertiary/aromatic N) is 2. The molecule has 1 amide bonds. The first-order valence-corrected chi connectivity index (χ1v) is 4.76. The summed E-state index contributed by atoms with van der Waals surface area (Å²) in [5, 5.41) is 8.78. The molecule has 0 fully saturated rings. The lowest BCUT2D eigenvalue weighted by Crippen LogP contribution is -2.24. The Morgan fingerprint density at radius 3 is 2.69 bits per heavy atom. The Morgan fingerprint density at radius 1 is 1.38 bits per heavy atom. The molecule has 0 radical (unpaired) electrons. The highest BCUT2D eigenvalue weighted by Gasteiger charge is 2.12. The summed E-state index contributed by atoms with van der Waals surface area (Å²) in [5.41, 5.74) is 1.67. The van der Waals surface area contributed by atoms with Crippen LogP contribution in [0.2, 0.25) is 0 Å². The second-order valence-corrected chi connectivity index (χ2v) is 3.32. The molecule has 1 aromatic carbocycles. The van der Waals surface area contributed by atoms with E-state index in [1.54, 1.807) is 6.20 Å². The van der Waals surface area contributed by atoms with Crippen LogP contribution in [0.15, 0.2) is 36.5 Å². The van der Waals surface area contributed by atoms with Crippen molar-refractivity contribution >= 4 is 12.0 Å². The predicted molar refractivity (Wildman–Crippen MR) is 60.5 cm³/mol. The zero-order chi connectivity index (χ0) is 11.5. The number of aromatic nitrogens is 2.